The summed E-state index contributed by atoms with van der Waals surface area (Å²) in [5.74, 6) is 3.27. The van der Waals surface area contributed by atoms with Crippen LogP contribution in [0, 0.1) is 5.92 Å². The van der Waals surface area contributed by atoms with E-state index in [-0.39, 0.29) is 0 Å². The van der Waals surface area contributed by atoms with E-state index in [1.54, 1.807) is 0 Å². The lowest BCUT2D eigenvalue weighted by atomic mass is 10.1. The van der Waals surface area contributed by atoms with Crippen molar-refractivity contribution < 1.29 is 0 Å². The predicted octanol–water partition coefficient (Wildman–Crippen LogP) is 3.32. The third kappa shape index (κ3) is 8.64. The molecule has 0 spiro atoms. The topological polar surface area (TPSA) is 12.0 Å². The van der Waals surface area contributed by atoms with E-state index in [0.717, 1.165) is 18.9 Å². The summed E-state index contributed by atoms with van der Waals surface area (Å²) >= 11 is 2.05. The molecule has 0 radical (unpaired) electrons. The Morgan fingerprint density at radius 2 is 2.00 bits per heavy atom. The van der Waals surface area contributed by atoms with Crippen LogP contribution in [-0.4, -0.2) is 24.1 Å². The minimum absolute atomic E-state index is 0.612. The van der Waals surface area contributed by atoms with Crippen LogP contribution in [0.2, 0.25) is 0 Å². The molecule has 0 aliphatic heterocycles. The molecule has 0 rings (SSSR count). The van der Waals surface area contributed by atoms with Crippen LogP contribution in [0.4, 0.5) is 0 Å². The van der Waals surface area contributed by atoms with Crippen LogP contribution in [0.1, 0.15) is 34.1 Å². The molecule has 1 atom stereocenters. The van der Waals surface area contributed by atoms with Crippen LogP contribution in [-0.2, 0) is 0 Å². The van der Waals surface area contributed by atoms with E-state index in [4.69, 9.17) is 0 Å². The van der Waals surface area contributed by atoms with Crippen LogP contribution in [0.15, 0.2) is 12.2 Å². The maximum atomic E-state index is 3.97. The van der Waals surface area contributed by atoms with Crippen LogP contribution in [0.5, 0.6) is 0 Å². The smallest absolute Gasteiger partial charge is 0.0195 e. The van der Waals surface area contributed by atoms with Crippen molar-refractivity contribution in [2.45, 2.75) is 40.2 Å². The van der Waals surface area contributed by atoms with Gasteiger partial charge < -0.3 is 5.32 Å². The number of nitrogens with one attached hydrogen (secondary N) is 1. The molecule has 2 heteroatoms. The first-order valence-electron chi connectivity index (χ1n) is 5.51. The monoisotopic (exact) mass is 215 g/mol. The van der Waals surface area contributed by atoms with Gasteiger partial charge in [0.15, 0.2) is 0 Å². The molecular weight excluding hydrogens is 190 g/mol. The van der Waals surface area contributed by atoms with Gasteiger partial charge in [-0.1, -0.05) is 26.3 Å². The van der Waals surface area contributed by atoms with Gasteiger partial charge in [-0.25, -0.2) is 0 Å². The Balaban J connectivity index is 3.67. The van der Waals surface area contributed by atoms with E-state index in [1.165, 1.54) is 17.1 Å². The molecule has 0 aromatic carbocycles. The number of hydrogen-bond acceptors (Lipinski definition) is 2. The summed E-state index contributed by atoms with van der Waals surface area (Å²) in [6, 6.07) is 0.612. The highest BCUT2D eigenvalue weighted by Crippen LogP contribution is 2.12. The Morgan fingerprint density at radius 3 is 2.43 bits per heavy atom. The first kappa shape index (κ1) is 14.1. The fourth-order valence-electron chi connectivity index (χ4n) is 1.35. The fourth-order valence-corrected chi connectivity index (χ4v) is 2.47. The molecule has 0 aromatic heterocycles. The summed E-state index contributed by atoms with van der Waals surface area (Å²) in [4.78, 5) is 0. The van der Waals surface area contributed by atoms with Crippen LogP contribution < -0.4 is 5.32 Å². The molecule has 0 aliphatic rings. The third-order valence-electron chi connectivity index (χ3n) is 1.86. The quantitative estimate of drug-likeness (QED) is 0.623. The van der Waals surface area contributed by atoms with Crippen molar-refractivity contribution in [1.82, 2.24) is 5.32 Å². The molecule has 0 aromatic rings. The molecule has 0 saturated carbocycles. The minimum Gasteiger partial charge on any atom is -0.313 e. The van der Waals surface area contributed by atoms with E-state index in [9.17, 15) is 0 Å². The molecule has 0 aliphatic carbocycles. The summed E-state index contributed by atoms with van der Waals surface area (Å²) < 4.78 is 0. The second-order valence-corrected chi connectivity index (χ2v) is 5.42. The highest BCUT2D eigenvalue weighted by atomic mass is 32.2. The molecule has 84 valence electrons. The number of rotatable bonds is 8. The molecule has 0 heterocycles. The molecule has 0 amide bonds. The van der Waals surface area contributed by atoms with Crippen molar-refractivity contribution in [2.75, 3.05) is 18.1 Å². The maximum absolute atomic E-state index is 3.97. The maximum Gasteiger partial charge on any atom is 0.0195 e. The normalized spacial score (nSPS) is 13.2. The van der Waals surface area contributed by atoms with E-state index in [0.29, 0.717) is 6.04 Å². The molecule has 0 saturated heterocycles. The summed E-state index contributed by atoms with van der Waals surface area (Å²) in [7, 11) is 0. The van der Waals surface area contributed by atoms with Gasteiger partial charge in [-0.15, -0.1) is 6.58 Å². The third-order valence-corrected chi connectivity index (χ3v) is 3.40. The van der Waals surface area contributed by atoms with E-state index >= 15 is 0 Å². The van der Waals surface area contributed by atoms with Crippen molar-refractivity contribution in [1.29, 1.82) is 0 Å². The van der Waals surface area contributed by atoms with Crippen molar-refractivity contribution in [3.05, 3.63) is 12.2 Å². The van der Waals surface area contributed by atoms with E-state index < -0.39 is 0 Å². The van der Waals surface area contributed by atoms with Gasteiger partial charge in [-0.2, -0.15) is 11.8 Å². The van der Waals surface area contributed by atoms with Gasteiger partial charge in [0, 0.05) is 11.8 Å². The molecule has 1 N–H and O–H groups in total. The Kier molecular flexibility index (Phi) is 8.40. The standard InChI is InChI=1S/C12H25NS/c1-6-13-12(7-10(2)3)9-14-8-11(4)5/h11-13H,2,6-9H2,1,3-5H3. The lowest BCUT2D eigenvalue weighted by molar-refractivity contribution is 0.570. The van der Waals surface area contributed by atoms with Gasteiger partial charge in [0.05, 0.1) is 0 Å². The van der Waals surface area contributed by atoms with E-state index in [1.807, 2.05) is 11.8 Å². The first-order chi connectivity index (χ1) is 6.56. The van der Waals surface area contributed by atoms with Crippen molar-refractivity contribution in [3.63, 3.8) is 0 Å². The van der Waals surface area contributed by atoms with Gasteiger partial charge in [0.25, 0.3) is 0 Å². The van der Waals surface area contributed by atoms with Gasteiger partial charge in [0.2, 0.25) is 0 Å². The molecule has 14 heavy (non-hydrogen) atoms. The summed E-state index contributed by atoms with van der Waals surface area (Å²) in [6.45, 7) is 13.8. The van der Waals surface area contributed by atoms with Gasteiger partial charge in [-0.3, -0.25) is 0 Å². The second kappa shape index (κ2) is 8.37. The predicted molar refractivity (Wildman–Crippen MR) is 69.1 cm³/mol. The molecular formula is C12H25NS. The van der Waals surface area contributed by atoms with E-state index in [2.05, 4.69) is 39.6 Å². The summed E-state index contributed by atoms with van der Waals surface area (Å²) in [6.07, 6.45) is 1.11. The van der Waals surface area contributed by atoms with Crippen LogP contribution in [0.3, 0.4) is 0 Å². The molecule has 1 unspecified atom stereocenters. The van der Waals surface area contributed by atoms with Crippen LogP contribution >= 0.6 is 11.8 Å². The lowest BCUT2D eigenvalue weighted by Crippen LogP contribution is -2.31. The average molecular weight is 215 g/mol. The molecule has 0 bridgehead atoms. The van der Waals surface area contributed by atoms with Crippen molar-refractivity contribution >= 4 is 11.8 Å². The highest BCUT2D eigenvalue weighted by molar-refractivity contribution is 7.99. The molecule has 0 fully saturated rings. The zero-order valence-corrected chi connectivity index (χ0v) is 10.9. The average Bonchev–Trinajstić information content (AvgIpc) is 2.02. The zero-order chi connectivity index (χ0) is 11.0. The largest absolute Gasteiger partial charge is 0.313 e. The fraction of sp³-hybridized carbons (Fsp3) is 0.833. The Hall–Kier alpha value is 0.0500. The van der Waals surface area contributed by atoms with Gasteiger partial charge in [-0.05, 0) is 31.6 Å². The Bertz CT molecular complexity index is 154. The summed E-state index contributed by atoms with van der Waals surface area (Å²) in [5.41, 5.74) is 1.28. The van der Waals surface area contributed by atoms with Gasteiger partial charge >= 0.3 is 0 Å². The highest BCUT2D eigenvalue weighted by Gasteiger charge is 2.07. The number of hydrogen-bond donors (Lipinski definition) is 1. The van der Waals surface area contributed by atoms with Crippen molar-refractivity contribution in [2.24, 2.45) is 5.92 Å². The lowest BCUT2D eigenvalue weighted by Gasteiger charge is -2.18. The summed E-state index contributed by atoms with van der Waals surface area (Å²) in [5, 5.41) is 3.51. The van der Waals surface area contributed by atoms with Crippen LogP contribution in [0.25, 0.3) is 0 Å². The Labute approximate surface area is 93.7 Å². The minimum atomic E-state index is 0.612. The first-order valence-corrected chi connectivity index (χ1v) is 6.67. The SMILES string of the molecule is C=C(C)CC(CSCC(C)C)NCC. The van der Waals surface area contributed by atoms with Crippen molar-refractivity contribution in [3.8, 4) is 0 Å². The van der Waals surface area contributed by atoms with Gasteiger partial charge in [0.1, 0.15) is 0 Å². The Morgan fingerprint density at radius 1 is 1.36 bits per heavy atom. The molecule has 1 nitrogen and oxygen atoms in total. The second-order valence-electron chi connectivity index (χ2n) is 4.35. The zero-order valence-electron chi connectivity index (χ0n) is 10.1. The number of thioether (sulfide) groups is 1.